The van der Waals surface area contributed by atoms with Crippen LogP contribution in [0.25, 0.3) is 0 Å². The number of carbonyl (C=O) groups excluding carboxylic acids is 2. The Morgan fingerprint density at radius 3 is 2.68 bits per heavy atom. The maximum Gasteiger partial charge on any atom is 0.311 e. The first kappa shape index (κ1) is 14.9. The lowest BCUT2D eigenvalue weighted by Crippen LogP contribution is -2.47. The molecule has 118 valence electrons. The van der Waals surface area contributed by atoms with E-state index < -0.39 is 23.5 Å². The lowest BCUT2D eigenvalue weighted by molar-refractivity contribution is -0.148. The fourth-order valence-electron chi connectivity index (χ4n) is 3.88. The molecule has 1 aromatic rings. The second kappa shape index (κ2) is 5.66. The highest BCUT2D eigenvalue weighted by Gasteiger charge is 2.52. The van der Waals surface area contributed by atoms with Crippen molar-refractivity contribution in [2.75, 3.05) is 7.11 Å². The van der Waals surface area contributed by atoms with Crippen molar-refractivity contribution in [3.05, 3.63) is 35.4 Å². The van der Waals surface area contributed by atoms with Gasteiger partial charge in [-0.2, -0.15) is 0 Å². The Bertz CT molecular complexity index is 619. The topological polar surface area (TPSA) is 55.4 Å². The maximum absolute atomic E-state index is 13.7. The Kier molecular flexibility index (Phi) is 3.85. The number of esters is 1. The summed E-state index contributed by atoms with van der Waals surface area (Å²) in [6, 6.07) is 3.10. The molecule has 6 heteroatoms. The SMILES string of the molecule is COC(=O)[C@H]1[C@H]2CC[C@@H](C2)[C@H]1NC(=O)c1cccc(F)c1F. The Morgan fingerprint density at radius 1 is 1.23 bits per heavy atom. The summed E-state index contributed by atoms with van der Waals surface area (Å²) in [5, 5.41) is 2.71. The van der Waals surface area contributed by atoms with Crippen LogP contribution in [-0.4, -0.2) is 25.0 Å². The van der Waals surface area contributed by atoms with Crippen molar-refractivity contribution in [3.8, 4) is 0 Å². The summed E-state index contributed by atoms with van der Waals surface area (Å²) >= 11 is 0. The number of fused-ring (bicyclic) bond motifs is 2. The Balaban J connectivity index is 1.81. The van der Waals surface area contributed by atoms with Gasteiger partial charge < -0.3 is 10.1 Å². The van der Waals surface area contributed by atoms with Crippen molar-refractivity contribution in [2.24, 2.45) is 17.8 Å². The molecule has 0 aromatic heterocycles. The molecule has 0 aliphatic heterocycles. The zero-order chi connectivity index (χ0) is 15.9. The van der Waals surface area contributed by atoms with E-state index in [4.69, 9.17) is 4.74 Å². The molecule has 1 amide bonds. The molecular weight excluding hydrogens is 292 g/mol. The van der Waals surface area contributed by atoms with Gasteiger partial charge in [0.15, 0.2) is 11.6 Å². The molecule has 4 nitrogen and oxygen atoms in total. The van der Waals surface area contributed by atoms with Crippen molar-refractivity contribution in [1.29, 1.82) is 0 Å². The molecule has 0 radical (unpaired) electrons. The lowest BCUT2D eigenvalue weighted by atomic mass is 9.84. The molecule has 2 bridgehead atoms. The van der Waals surface area contributed by atoms with E-state index in [2.05, 4.69) is 5.32 Å². The number of hydrogen-bond acceptors (Lipinski definition) is 3. The van der Waals surface area contributed by atoms with Crippen molar-refractivity contribution in [2.45, 2.75) is 25.3 Å². The minimum Gasteiger partial charge on any atom is -0.469 e. The molecule has 1 aromatic carbocycles. The molecule has 2 aliphatic carbocycles. The molecule has 0 heterocycles. The van der Waals surface area contributed by atoms with E-state index in [1.807, 2.05) is 0 Å². The number of halogens is 2. The zero-order valence-corrected chi connectivity index (χ0v) is 12.1. The van der Waals surface area contributed by atoms with Crippen LogP contribution in [0, 0.1) is 29.4 Å². The summed E-state index contributed by atoms with van der Waals surface area (Å²) < 4.78 is 31.8. The number of hydrogen-bond donors (Lipinski definition) is 1. The van der Waals surface area contributed by atoms with E-state index in [0.29, 0.717) is 0 Å². The highest BCUT2D eigenvalue weighted by molar-refractivity contribution is 5.95. The van der Waals surface area contributed by atoms with E-state index in [1.54, 1.807) is 0 Å². The van der Waals surface area contributed by atoms with E-state index in [0.717, 1.165) is 25.3 Å². The van der Waals surface area contributed by atoms with Crippen LogP contribution in [0.1, 0.15) is 29.6 Å². The van der Waals surface area contributed by atoms with Gasteiger partial charge in [-0.25, -0.2) is 8.78 Å². The monoisotopic (exact) mass is 309 g/mol. The van der Waals surface area contributed by atoms with Gasteiger partial charge in [0.1, 0.15) is 0 Å². The second-order valence-electron chi connectivity index (χ2n) is 5.98. The van der Waals surface area contributed by atoms with Gasteiger partial charge in [-0.05, 0) is 43.2 Å². The van der Waals surface area contributed by atoms with Crippen LogP contribution in [0.3, 0.4) is 0 Å². The van der Waals surface area contributed by atoms with Gasteiger partial charge in [0.05, 0.1) is 18.6 Å². The first-order chi connectivity index (χ1) is 10.5. The molecule has 4 atom stereocenters. The summed E-state index contributed by atoms with van der Waals surface area (Å²) in [7, 11) is 1.32. The predicted molar refractivity (Wildman–Crippen MR) is 73.9 cm³/mol. The van der Waals surface area contributed by atoms with Crippen LogP contribution in [0.5, 0.6) is 0 Å². The van der Waals surface area contributed by atoms with Crippen molar-refractivity contribution >= 4 is 11.9 Å². The normalized spacial score (nSPS) is 29.4. The smallest absolute Gasteiger partial charge is 0.311 e. The number of nitrogens with one attached hydrogen (secondary N) is 1. The van der Waals surface area contributed by atoms with Crippen molar-refractivity contribution < 1.29 is 23.1 Å². The highest BCUT2D eigenvalue weighted by Crippen LogP contribution is 2.49. The minimum absolute atomic E-state index is 0.190. The summed E-state index contributed by atoms with van der Waals surface area (Å²) in [6.07, 6.45) is 2.72. The molecule has 2 saturated carbocycles. The van der Waals surface area contributed by atoms with Gasteiger partial charge in [-0.15, -0.1) is 0 Å². The van der Waals surface area contributed by atoms with E-state index in [9.17, 15) is 18.4 Å². The van der Waals surface area contributed by atoms with Gasteiger partial charge >= 0.3 is 5.97 Å². The van der Waals surface area contributed by atoms with Gasteiger partial charge in [0.25, 0.3) is 5.91 Å². The van der Waals surface area contributed by atoms with Gasteiger partial charge in [-0.1, -0.05) is 6.07 Å². The molecule has 1 N–H and O–H groups in total. The Morgan fingerprint density at radius 2 is 1.95 bits per heavy atom. The molecule has 0 spiro atoms. The first-order valence-electron chi connectivity index (χ1n) is 7.35. The molecule has 0 unspecified atom stereocenters. The zero-order valence-electron chi connectivity index (χ0n) is 12.1. The number of methoxy groups -OCH3 is 1. The summed E-state index contributed by atoms with van der Waals surface area (Å²) in [5.41, 5.74) is -0.341. The van der Waals surface area contributed by atoms with Gasteiger partial charge in [0, 0.05) is 6.04 Å². The minimum atomic E-state index is -1.17. The molecule has 2 fully saturated rings. The summed E-state index contributed by atoms with van der Waals surface area (Å²) in [4.78, 5) is 24.2. The summed E-state index contributed by atoms with van der Waals surface area (Å²) in [5.74, 6) is -3.29. The first-order valence-corrected chi connectivity index (χ1v) is 7.35. The number of benzene rings is 1. The third-order valence-corrected chi connectivity index (χ3v) is 4.88. The fourth-order valence-corrected chi connectivity index (χ4v) is 3.88. The third kappa shape index (κ3) is 2.36. The largest absolute Gasteiger partial charge is 0.469 e. The van der Waals surface area contributed by atoms with Crippen LogP contribution in [-0.2, 0) is 9.53 Å². The molecular formula is C16H17F2NO3. The third-order valence-electron chi connectivity index (χ3n) is 4.88. The quantitative estimate of drug-likeness (QED) is 0.872. The number of carbonyl (C=O) groups is 2. The van der Waals surface area contributed by atoms with Gasteiger partial charge in [-0.3, -0.25) is 9.59 Å². The van der Waals surface area contributed by atoms with E-state index in [-0.39, 0.29) is 29.4 Å². The Labute approximate surface area is 126 Å². The average Bonchev–Trinajstić information content (AvgIpc) is 3.10. The van der Waals surface area contributed by atoms with E-state index >= 15 is 0 Å². The fraction of sp³-hybridized carbons (Fsp3) is 0.500. The van der Waals surface area contributed by atoms with E-state index in [1.165, 1.54) is 19.2 Å². The second-order valence-corrected chi connectivity index (χ2v) is 5.98. The molecule has 3 rings (SSSR count). The summed E-state index contributed by atoms with van der Waals surface area (Å²) in [6.45, 7) is 0. The van der Waals surface area contributed by atoms with Crippen LogP contribution in [0.15, 0.2) is 18.2 Å². The number of amides is 1. The molecule has 22 heavy (non-hydrogen) atoms. The van der Waals surface area contributed by atoms with Crippen LogP contribution >= 0.6 is 0 Å². The number of rotatable bonds is 3. The standard InChI is InChI=1S/C16H17F2NO3/c1-22-16(21)12-8-5-6-9(7-8)14(12)19-15(20)10-3-2-4-11(17)13(10)18/h2-4,8-9,12,14H,5-7H2,1H3,(H,19,20)/t8-,9-,12-,14+/m0/s1. The highest BCUT2D eigenvalue weighted by atomic mass is 19.2. The van der Waals surface area contributed by atoms with Crippen LogP contribution in [0.2, 0.25) is 0 Å². The predicted octanol–water partition coefficient (Wildman–Crippen LogP) is 2.28. The van der Waals surface area contributed by atoms with Gasteiger partial charge in [0.2, 0.25) is 0 Å². The maximum atomic E-state index is 13.7. The molecule has 0 saturated heterocycles. The number of ether oxygens (including phenoxy) is 1. The lowest BCUT2D eigenvalue weighted by Gasteiger charge is -2.29. The average molecular weight is 309 g/mol. The van der Waals surface area contributed by atoms with Crippen LogP contribution < -0.4 is 5.32 Å². The molecule has 2 aliphatic rings. The Hall–Kier alpha value is -1.98. The van der Waals surface area contributed by atoms with Crippen molar-refractivity contribution in [3.63, 3.8) is 0 Å². The van der Waals surface area contributed by atoms with Crippen LogP contribution in [0.4, 0.5) is 8.78 Å². The van der Waals surface area contributed by atoms with Crippen molar-refractivity contribution in [1.82, 2.24) is 5.32 Å².